The number of aliphatic carboxylic acids is 1. The highest BCUT2D eigenvalue weighted by atomic mass is 16.5. The van der Waals surface area contributed by atoms with Gasteiger partial charge in [0.05, 0.1) is 12.7 Å². The predicted octanol–water partition coefficient (Wildman–Crippen LogP) is 1.18. The molecule has 1 aliphatic carbocycles. The number of aliphatic hydroxyl groups is 1. The Labute approximate surface area is 93.5 Å². The summed E-state index contributed by atoms with van der Waals surface area (Å²) < 4.78 is 5.49. The minimum absolute atomic E-state index is 0.152. The summed E-state index contributed by atoms with van der Waals surface area (Å²) in [5.41, 5.74) is -0.519. The van der Waals surface area contributed by atoms with Gasteiger partial charge < -0.3 is 14.9 Å². The zero-order valence-electron chi connectivity index (χ0n) is 8.80. The minimum Gasteiger partial charge on any atom is -0.479 e. The summed E-state index contributed by atoms with van der Waals surface area (Å²) >= 11 is 0. The molecule has 4 nitrogen and oxygen atoms in total. The fraction of sp³-hybridized carbons (Fsp3) is 0.417. The monoisotopic (exact) mass is 222 g/mol. The number of benzene rings is 1. The molecule has 1 saturated carbocycles. The van der Waals surface area contributed by atoms with Crippen LogP contribution < -0.4 is 0 Å². The van der Waals surface area contributed by atoms with Crippen molar-refractivity contribution in [2.45, 2.75) is 31.2 Å². The molecule has 0 spiro atoms. The standard InChI is InChI=1S/C12H14O4/c13-11(14)12(15)6-10(7-12)16-8-9-4-2-1-3-5-9/h1-5,10,15H,6-8H2,(H,13,14). The molecule has 1 aromatic carbocycles. The Hall–Kier alpha value is -1.39. The van der Waals surface area contributed by atoms with Gasteiger partial charge in [0.25, 0.3) is 0 Å². The summed E-state index contributed by atoms with van der Waals surface area (Å²) in [6.45, 7) is 0.460. The number of hydrogen-bond acceptors (Lipinski definition) is 3. The second-order valence-corrected chi connectivity index (χ2v) is 4.16. The molecule has 1 aliphatic rings. The van der Waals surface area contributed by atoms with E-state index in [0.29, 0.717) is 6.61 Å². The second-order valence-electron chi connectivity index (χ2n) is 4.16. The Morgan fingerprint density at radius 1 is 1.38 bits per heavy atom. The van der Waals surface area contributed by atoms with Crippen LogP contribution in [0.5, 0.6) is 0 Å². The molecule has 0 radical (unpaired) electrons. The smallest absolute Gasteiger partial charge is 0.335 e. The van der Waals surface area contributed by atoms with Gasteiger partial charge in [0.1, 0.15) is 0 Å². The Morgan fingerprint density at radius 3 is 2.56 bits per heavy atom. The van der Waals surface area contributed by atoms with Gasteiger partial charge in [-0.1, -0.05) is 30.3 Å². The van der Waals surface area contributed by atoms with Gasteiger partial charge in [-0.15, -0.1) is 0 Å². The SMILES string of the molecule is O=C(O)C1(O)CC(OCc2ccccc2)C1. The van der Waals surface area contributed by atoms with Crippen LogP contribution in [0.15, 0.2) is 30.3 Å². The summed E-state index contributed by atoms with van der Waals surface area (Å²) in [7, 11) is 0. The van der Waals surface area contributed by atoms with E-state index >= 15 is 0 Å². The third-order valence-electron chi connectivity index (χ3n) is 2.86. The number of hydrogen-bond donors (Lipinski definition) is 2. The van der Waals surface area contributed by atoms with E-state index in [1.54, 1.807) is 0 Å². The van der Waals surface area contributed by atoms with E-state index in [4.69, 9.17) is 9.84 Å². The van der Waals surface area contributed by atoms with Crippen LogP contribution in [0, 0.1) is 0 Å². The van der Waals surface area contributed by atoms with Crippen LogP contribution in [0.3, 0.4) is 0 Å². The molecule has 0 unspecified atom stereocenters. The lowest BCUT2D eigenvalue weighted by molar-refractivity contribution is -0.189. The first-order valence-electron chi connectivity index (χ1n) is 5.21. The number of carbonyl (C=O) groups is 1. The number of ether oxygens (including phenoxy) is 1. The van der Waals surface area contributed by atoms with E-state index in [9.17, 15) is 9.90 Å². The first-order chi connectivity index (χ1) is 7.60. The van der Waals surface area contributed by atoms with Crippen molar-refractivity contribution in [2.24, 2.45) is 0 Å². The van der Waals surface area contributed by atoms with Gasteiger partial charge in [0.2, 0.25) is 0 Å². The molecule has 0 saturated heterocycles. The van der Waals surface area contributed by atoms with E-state index in [0.717, 1.165) is 5.56 Å². The van der Waals surface area contributed by atoms with E-state index in [1.165, 1.54) is 0 Å². The van der Waals surface area contributed by atoms with Crippen LogP contribution in [-0.2, 0) is 16.1 Å². The van der Waals surface area contributed by atoms with Crippen molar-refractivity contribution in [1.82, 2.24) is 0 Å². The molecular weight excluding hydrogens is 208 g/mol. The molecule has 2 N–H and O–H groups in total. The first-order valence-corrected chi connectivity index (χ1v) is 5.21. The molecule has 0 atom stereocenters. The van der Waals surface area contributed by atoms with Gasteiger partial charge in [-0.2, -0.15) is 0 Å². The van der Waals surface area contributed by atoms with E-state index in [2.05, 4.69) is 0 Å². The van der Waals surface area contributed by atoms with Crippen LogP contribution in [0.25, 0.3) is 0 Å². The molecular formula is C12H14O4. The van der Waals surface area contributed by atoms with Crippen molar-refractivity contribution in [3.63, 3.8) is 0 Å². The van der Waals surface area contributed by atoms with E-state index in [1.807, 2.05) is 30.3 Å². The molecule has 0 heterocycles. The highest BCUT2D eigenvalue weighted by Crippen LogP contribution is 2.35. The van der Waals surface area contributed by atoms with Gasteiger partial charge in [-0.3, -0.25) is 0 Å². The normalized spacial score (nSPS) is 28.4. The van der Waals surface area contributed by atoms with Gasteiger partial charge >= 0.3 is 5.97 Å². The molecule has 2 rings (SSSR count). The maximum absolute atomic E-state index is 10.6. The topological polar surface area (TPSA) is 66.8 Å². The second kappa shape index (κ2) is 4.23. The minimum atomic E-state index is -1.57. The maximum Gasteiger partial charge on any atom is 0.335 e. The molecule has 86 valence electrons. The average Bonchev–Trinajstić information content (AvgIpc) is 2.24. The molecule has 0 amide bonds. The number of carboxylic acid groups (broad SMARTS) is 1. The highest BCUT2D eigenvalue weighted by Gasteiger charge is 2.49. The van der Waals surface area contributed by atoms with Crippen molar-refractivity contribution in [1.29, 1.82) is 0 Å². The number of carboxylic acids is 1. The molecule has 1 aromatic rings. The summed E-state index contributed by atoms with van der Waals surface area (Å²) in [5.74, 6) is -1.16. The zero-order chi connectivity index (χ0) is 11.6. The fourth-order valence-electron chi connectivity index (χ4n) is 1.77. The molecule has 4 heteroatoms. The molecule has 0 aliphatic heterocycles. The van der Waals surface area contributed by atoms with Crippen LogP contribution in [0.2, 0.25) is 0 Å². The molecule has 16 heavy (non-hydrogen) atoms. The van der Waals surface area contributed by atoms with Crippen LogP contribution in [-0.4, -0.2) is 27.9 Å². The number of rotatable bonds is 4. The maximum atomic E-state index is 10.6. The van der Waals surface area contributed by atoms with Gasteiger partial charge in [-0.05, 0) is 5.56 Å². The van der Waals surface area contributed by atoms with Crippen molar-refractivity contribution in [2.75, 3.05) is 0 Å². The Bertz CT molecular complexity index is 368. The summed E-state index contributed by atoms with van der Waals surface area (Å²) in [6, 6.07) is 9.67. The van der Waals surface area contributed by atoms with Crippen molar-refractivity contribution in [3.8, 4) is 0 Å². The third kappa shape index (κ3) is 2.23. The summed E-state index contributed by atoms with van der Waals surface area (Å²) in [4.78, 5) is 10.6. The van der Waals surface area contributed by atoms with Crippen molar-refractivity contribution < 1.29 is 19.7 Å². The first kappa shape index (κ1) is 11.1. The Kier molecular flexibility index (Phi) is 2.94. The Morgan fingerprint density at radius 2 is 2.00 bits per heavy atom. The lowest BCUT2D eigenvalue weighted by Crippen LogP contribution is -2.53. The predicted molar refractivity (Wildman–Crippen MR) is 56.8 cm³/mol. The van der Waals surface area contributed by atoms with Crippen molar-refractivity contribution >= 4 is 5.97 Å². The lowest BCUT2D eigenvalue weighted by atomic mass is 9.77. The van der Waals surface area contributed by atoms with E-state index in [-0.39, 0.29) is 18.9 Å². The third-order valence-corrected chi connectivity index (χ3v) is 2.86. The highest BCUT2D eigenvalue weighted by molar-refractivity contribution is 5.78. The van der Waals surface area contributed by atoms with Gasteiger partial charge in [-0.25, -0.2) is 4.79 Å². The van der Waals surface area contributed by atoms with Gasteiger partial charge in [0, 0.05) is 12.8 Å². The van der Waals surface area contributed by atoms with Crippen LogP contribution in [0.4, 0.5) is 0 Å². The molecule has 0 aromatic heterocycles. The average molecular weight is 222 g/mol. The molecule has 1 fully saturated rings. The van der Waals surface area contributed by atoms with Gasteiger partial charge in [0.15, 0.2) is 5.60 Å². The summed E-state index contributed by atoms with van der Waals surface area (Å²) in [5, 5.41) is 18.2. The lowest BCUT2D eigenvalue weighted by Gasteiger charge is -2.39. The summed E-state index contributed by atoms with van der Waals surface area (Å²) in [6.07, 6.45) is 0.200. The fourth-order valence-corrected chi connectivity index (χ4v) is 1.77. The largest absolute Gasteiger partial charge is 0.479 e. The van der Waals surface area contributed by atoms with E-state index < -0.39 is 11.6 Å². The zero-order valence-corrected chi connectivity index (χ0v) is 8.80. The van der Waals surface area contributed by atoms with Crippen LogP contribution in [0.1, 0.15) is 18.4 Å². The van der Waals surface area contributed by atoms with Crippen LogP contribution >= 0.6 is 0 Å². The quantitative estimate of drug-likeness (QED) is 0.802. The Balaban J connectivity index is 1.77. The molecule has 0 bridgehead atoms. The van der Waals surface area contributed by atoms with Crippen molar-refractivity contribution in [3.05, 3.63) is 35.9 Å².